The molecule has 1 atom stereocenters. The summed E-state index contributed by atoms with van der Waals surface area (Å²) in [7, 11) is 1.58. The van der Waals surface area contributed by atoms with E-state index in [0.717, 1.165) is 12.8 Å². The summed E-state index contributed by atoms with van der Waals surface area (Å²) >= 11 is 0. The van der Waals surface area contributed by atoms with Gasteiger partial charge in [-0.05, 0) is 12.0 Å². The SMILES string of the molecule is CCC(CC)C(O)c1cccc(OC)n1. The number of ether oxygens (including phenoxy) is 1. The molecule has 1 aromatic rings. The minimum atomic E-state index is -0.491. The maximum Gasteiger partial charge on any atom is 0.213 e. The minimum Gasteiger partial charge on any atom is -0.481 e. The molecule has 0 aliphatic carbocycles. The van der Waals surface area contributed by atoms with Crippen LogP contribution in [-0.4, -0.2) is 17.2 Å². The molecule has 0 saturated heterocycles. The highest BCUT2D eigenvalue weighted by Crippen LogP contribution is 2.26. The fourth-order valence-electron chi connectivity index (χ4n) is 1.69. The highest BCUT2D eigenvalue weighted by atomic mass is 16.5. The van der Waals surface area contributed by atoms with E-state index in [1.807, 2.05) is 12.1 Å². The number of pyridine rings is 1. The highest BCUT2D eigenvalue weighted by molar-refractivity contribution is 5.17. The van der Waals surface area contributed by atoms with Gasteiger partial charge in [-0.2, -0.15) is 0 Å². The van der Waals surface area contributed by atoms with Crippen molar-refractivity contribution in [2.75, 3.05) is 7.11 Å². The molecule has 3 nitrogen and oxygen atoms in total. The average molecular weight is 209 g/mol. The van der Waals surface area contributed by atoms with Gasteiger partial charge in [-0.1, -0.05) is 32.8 Å². The Hall–Kier alpha value is -1.09. The van der Waals surface area contributed by atoms with Crippen LogP contribution in [0.15, 0.2) is 18.2 Å². The Morgan fingerprint density at radius 2 is 2.00 bits per heavy atom. The van der Waals surface area contributed by atoms with Gasteiger partial charge in [0.25, 0.3) is 0 Å². The van der Waals surface area contributed by atoms with Gasteiger partial charge in [0.15, 0.2) is 0 Å². The number of hydrogen-bond acceptors (Lipinski definition) is 3. The lowest BCUT2D eigenvalue weighted by atomic mass is 9.94. The fraction of sp³-hybridized carbons (Fsp3) is 0.583. The molecule has 0 fully saturated rings. The van der Waals surface area contributed by atoms with Crippen LogP contribution in [-0.2, 0) is 0 Å². The van der Waals surface area contributed by atoms with E-state index < -0.39 is 6.10 Å². The first-order valence-electron chi connectivity index (χ1n) is 5.41. The fourth-order valence-corrected chi connectivity index (χ4v) is 1.69. The van der Waals surface area contributed by atoms with E-state index in [1.165, 1.54) is 0 Å². The van der Waals surface area contributed by atoms with Gasteiger partial charge < -0.3 is 9.84 Å². The summed E-state index contributed by atoms with van der Waals surface area (Å²) in [5, 5.41) is 10.1. The molecule has 0 bridgehead atoms. The number of aromatic nitrogens is 1. The van der Waals surface area contributed by atoms with E-state index in [4.69, 9.17) is 4.74 Å². The molecule has 84 valence electrons. The van der Waals surface area contributed by atoms with Crippen LogP contribution in [0.25, 0.3) is 0 Å². The van der Waals surface area contributed by atoms with E-state index in [9.17, 15) is 5.11 Å². The lowest BCUT2D eigenvalue weighted by Gasteiger charge is -2.19. The van der Waals surface area contributed by atoms with Gasteiger partial charge >= 0.3 is 0 Å². The van der Waals surface area contributed by atoms with Gasteiger partial charge in [-0.15, -0.1) is 0 Å². The first kappa shape index (κ1) is 12.0. The van der Waals surface area contributed by atoms with Crippen molar-refractivity contribution in [3.63, 3.8) is 0 Å². The summed E-state index contributed by atoms with van der Waals surface area (Å²) in [5.74, 6) is 0.821. The van der Waals surface area contributed by atoms with Crippen molar-refractivity contribution in [3.05, 3.63) is 23.9 Å². The molecule has 0 amide bonds. The zero-order valence-corrected chi connectivity index (χ0v) is 9.60. The van der Waals surface area contributed by atoms with E-state index in [2.05, 4.69) is 18.8 Å². The number of nitrogens with zero attached hydrogens (tertiary/aromatic N) is 1. The van der Waals surface area contributed by atoms with E-state index in [1.54, 1.807) is 13.2 Å². The molecule has 3 heteroatoms. The van der Waals surface area contributed by atoms with Gasteiger partial charge in [0, 0.05) is 6.07 Å². The quantitative estimate of drug-likeness (QED) is 0.810. The number of aliphatic hydroxyl groups excluding tert-OH is 1. The van der Waals surface area contributed by atoms with E-state index in [0.29, 0.717) is 11.6 Å². The summed E-state index contributed by atoms with van der Waals surface area (Å²) in [5.41, 5.74) is 0.697. The summed E-state index contributed by atoms with van der Waals surface area (Å²) in [6, 6.07) is 5.47. The maximum atomic E-state index is 10.1. The zero-order valence-electron chi connectivity index (χ0n) is 9.60. The predicted molar refractivity (Wildman–Crippen MR) is 59.8 cm³/mol. The Bertz CT molecular complexity index is 297. The van der Waals surface area contributed by atoms with Crippen LogP contribution in [0.2, 0.25) is 0 Å². The molecule has 15 heavy (non-hydrogen) atoms. The number of aliphatic hydroxyl groups is 1. The largest absolute Gasteiger partial charge is 0.481 e. The van der Waals surface area contributed by atoms with Crippen LogP contribution >= 0.6 is 0 Å². The predicted octanol–water partition coefficient (Wildman–Crippen LogP) is 2.56. The second-order valence-corrected chi connectivity index (χ2v) is 3.63. The van der Waals surface area contributed by atoms with Crippen molar-refractivity contribution < 1.29 is 9.84 Å². The molecule has 1 rings (SSSR count). The first-order chi connectivity index (χ1) is 7.22. The van der Waals surface area contributed by atoms with Crippen molar-refractivity contribution in [2.24, 2.45) is 5.92 Å². The number of rotatable bonds is 5. The molecule has 1 N–H and O–H groups in total. The third-order valence-corrected chi connectivity index (χ3v) is 2.75. The molecule has 0 radical (unpaired) electrons. The van der Waals surface area contributed by atoms with Gasteiger partial charge in [-0.25, -0.2) is 4.98 Å². The van der Waals surface area contributed by atoms with Crippen LogP contribution in [0, 0.1) is 5.92 Å². The Balaban J connectivity index is 2.84. The van der Waals surface area contributed by atoms with Crippen molar-refractivity contribution >= 4 is 0 Å². The second kappa shape index (κ2) is 5.71. The van der Waals surface area contributed by atoms with Crippen molar-refractivity contribution in [1.82, 2.24) is 4.98 Å². The molecule has 0 saturated carbocycles. The lowest BCUT2D eigenvalue weighted by molar-refractivity contribution is 0.0985. The molecule has 0 aliphatic heterocycles. The molecular formula is C12H19NO2. The van der Waals surface area contributed by atoms with Gasteiger partial charge in [-0.3, -0.25) is 0 Å². The van der Waals surface area contributed by atoms with Crippen LogP contribution in [0.4, 0.5) is 0 Å². The van der Waals surface area contributed by atoms with Crippen LogP contribution in [0.1, 0.15) is 38.5 Å². The van der Waals surface area contributed by atoms with Crippen molar-refractivity contribution in [3.8, 4) is 5.88 Å². The second-order valence-electron chi connectivity index (χ2n) is 3.63. The first-order valence-corrected chi connectivity index (χ1v) is 5.41. The number of hydrogen-bond donors (Lipinski definition) is 1. The van der Waals surface area contributed by atoms with Crippen LogP contribution < -0.4 is 4.74 Å². The maximum absolute atomic E-state index is 10.1. The molecule has 1 aromatic heterocycles. The van der Waals surface area contributed by atoms with Crippen LogP contribution in [0.3, 0.4) is 0 Å². The van der Waals surface area contributed by atoms with Crippen molar-refractivity contribution in [2.45, 2.75) is 32.8 Å². The molecule has 0 spiro atoms. The van der Waals surface area contributed by atoms with E-state index in [-0.39, 0.29) is 5.92 Å². The smallest absolute Gasteiger partial charge is 0.213 e. The topological polar surface area (TPSA) is 42.4 Å². The Morgan fingerprint density at radius 3 is 2.53 bits per heavy atom. The Morgan fingerprint density at radius 1 is 1.33 bits per heavy atom. The Kier molecular flexibility index (Phi) is 4.56. The number of methoxy groups -OCH3 is 1. The highest BCUT2D eigenvalue weighted by Gasteiger charge is 2.18. The normalized spacial score (nSPS) is 12.9. The third-order valence-electron chi connectivity index (χ3n) is 2.75. The zero-order chi connectivity index (χ0) is 11.3. The Labute approximate surface area is 91.1 Å². The molecule has 0 aromatic carbocycles. The summed E-state index contributed by atoms with van der Waals surface area (Å²) < 4.78 is 5.03. The molecule has 0 aliphatic rings. The molecule has 1 heterocycles. The average Bonchev–Trinajstić information content (AvgIpc) is 2.30. The monoisotopic (exact) mass is 209 g/mol. The minimum absolute atomic E-state index is 0.268. The standard InChI is InChI=1S/C12H19NO2/c1-4-9(5-2)12(14)10-7-6-8-11(13-10)15-3/h6-9,12,14H,4-5H2,1-3H3. The van der Waals surface area contributed by atoms with Crippen molar-refractivity contribution in [1.29, 1.82) is 0 Å². The summed E-state index contributed by atoms with van der Waals surface area (Å²) in [4.78, 5) is 4.24. The van der Waals surface area contributed by atoms with Gasteiger partial charge in [0.2, 0.25) is 5.88 Å². The van der Waals surface area contributed by atoms with Gasteiger partial charge in [0.05, 0.1) is 18.9 Å². The van der Waals surface area contributed by atoms with E-state index >= 15 is 0 Å². The summed E-state index contributed by atoms with van der Waals surface area (Å²) in [6.07, 6.45) is 1.42. The lowest BCUT2D eigenvalue weighted by Crippen LogP contribution is -2.12. The third kappa shape index (κ3) is 2.93. The summed E-state index contributed by atoms with van der Waals surface area (Å²) in [6.45, 7) is 4.16. The molecular weight excluding hydrogens is 190 g/mol. The van der Waals surface area contributed by atoms with Crippen LogP contribution in [0.5, 0.6) is 5.88 Å². The molecule has 1 unspecified atom stereocenters. The van der Waals surface area contributed by atoms with Gasteiger partial charge in [0.1, 0.15) is 0 Å².